The highest BCUT2D eigenvalue weighted by Gasteiger charge is 2.39. The van der Waals surface area contributed by atoms with Crippen molar-refractivity contribution in [3.63, 3.8) is 0 Å². The van der Waals surface area contributed by atoms with Gasteiger partial charge in [-0.3, -0.25) is 9.69 Å². The zero-order valence-electron chi connectivity index (χ0n) is 25.0. The molecule has 1 aliphatic heterocycles. The first-order chi connectivity index (χ1) is 21.6. The molecule has 4 aromatic carbocycles. The summed E-state index contributed by atoms with van der Waals surface area (Å²) in [7, 11) is 1.46. The van der Waals surface area contributed by atoms with Crippen molar-refractivity contribution < 1.29 is 23.4 Å². The van der Waals surface area contributed by atoms with Gasteiger partial charge in [0.2, 0.25) is 5.89 Å². The quantitative estimate of drug-likeness (QED) is 0.140. The molecule has 1 aromatic heterocycles. The topological polar surface area (TPSA) is 74.0 Å². The molecule has 45 heavy (non-hydrogen) atoms. The van der Waals surface area contributed by atoms with Crippen molar-refractivity contribution in [3.05, 3.63) is 132 Å². The molecule has 1 fully saturated rings. The molecule has 0 unspecified atom stereocenters. The normalized spacial score (nSPS) is 16.1. The third-order valence-corrected chi connectivity index (χ3v) is 8.04. The third-order valence-electron chi connectivity index (χ3n) is 8.04. The van der Waals surface area contributed by atoms with E-state index in [0.717, 1.165) is 58.2 Å². The lowest BCUT2D eigenvalue weighted by atomic mass is 10.0. The van der Waals surface area contributed by atoms with Gasteiger partial charge < -0.3 is 18.6 Å². The smallest absolute Gasteiger partial charge is 0.323 e. The standard InChI is InChI=1S/C37H36N2O5.CH4/c1-26-33(38-36(43-26)29-9-5-3-6-10-29)23-24-42-30-19-15-28(16-20-30)34-21-22-35(37(40)41-2)39(34)25-27-13-17-32(18-14-27)44-31-11-7-4-8-12-31;/h3-20,34-35H,21-25H2,1-2H3;1H4/t34-,35+;/m1./s1. The van der Waals surface area contributed by atoms with Crippen molar-refractivity contribution in [3.8, 4) is 28.7 Å². The highest BCUT2D eigenvalue weighted by atomic mass is 16.5. The first-order valence-corrected chi connectivity index (χ1v) is 15.0. The molecule has 7 nitrogen and oxygen atoms in total. The minimum absolute atomic E-state index is 0. The first kappa shape index (κ1) is 31.5. The molecule has 1 saturated heterocycles. The van der Waals surface area contributed by atoms with E-state index in [0.29, 0.717) is 25.5 Å². The number of oxazole rings is 1. The van der Waals surface area contributed by atoms with Crippen molar-refractivity contribution in [2.45, 2.75) is 52.2 Å². The zero-order valence-corrected chi connectivity index (χ0v) is 25.0. The summed E-state index contributed by atoms with van der Waals surface area (Å²) in [6.45, 7) is 3.05. The van der Waals surface area contributed by atoms with Crippen LogP contribution in [0.1, 0.15) is 48.9 Å². The van der Waals surface area contributed by atoms with Gasteiger partial charge >= 0.3 is 5.97 Å². The van der Waals surface area contributed by atoms with Crippen LogP contribution < -0.4 is 9.47 Å². The van der Waals surface area contributed by atoms with E-state index in [1.807, 2.05) is 91.9 Å². The van der Waals surface area contributed by atoms with Crippen molar-refractivity contribution >= 4 is 5.97 Å². The van der Waals surface area contributed by atoms with Crippen LogP contribution in [-0.2, 0) is 22.5 Å². The number of hydrogen-bond donors (Lipinski definition) is 0. The fraction of sp³-hybridized carbons (Fsp3) is 0.263. The molecule has 0 amide bonds. The molecule has 0 radical (unpaired) electrons. The SMILES string of the molecule is C.COC(=O)[C@@H]1CC[C@H](c2ccc(OCCc3nc(-c4ccccc4)oc3C)cc2)N1Cc1ccc(Oc2ccccc2)cc1. The fourth-order valence-corrected chi connectivity index (χ4v) is 5.75. The Kier molecular flexibility index (Phi) is 10.3. The molecule has 5 aromatic rings. The maximum Gasteiger partial charge on any atom is 0.323 e. The van der Waals surface area contributed by atoms with Crippen LogP contribution in [0.3, 0.4) is 0 Å². The molecular weight excluding hydrogens is 564 g/mol. The van der Waals surface area contributed by atoms with Crippen LogP contribution in [0.15, 0.2) is 114 Å². The number of aryl methyl sites for hydroxylation is 1. The second-order valence-electron chi connectivity index (χ2n) is 10.9. The van der Waals surface area contributed by atoms with Gasteiger partial charge in [0.25, 0.3) is 0 Å². The Balaban J connectivity index is 0.00000400. The Morgan fingerprint density at radius 2 is 1.49 bits per heavy atom. The maximum atomic E-state index is 12.7. The summed E-state index contributed by atoms with van der Waals surface area (Å²) >= 11 is 0. The molecular formula is C38H40N2O5. The van der Waals surface area contributed by atoms with Crippen molar-refractivity contribution in [1.29, 1.82) is 0 Å². The highest BCUT2D eigenvalue weighted by Crippen LogP contribution is 2.38. The number of likely N-dealkylation sites (tertiary alicyclic amines) is 1. The lowest BCUT2D eigenvalue weighted by molar-refractivity contribution is -0.146. The molecule has 2 atom stereocenters. The predicted molar refractivity (Wildman–Crippen MR) is 175 cm³/mol. The minimum atomic E-state index is -0.298. The summed E-state index contributed by atoms with van der Waals surface area (Å²) < 4.78 is 23.1. The zero-order chi connectivity index (χ0) is 30.3. The lowest BCUT2D eigenvalue weighted by Crippen LogP contribution is -2.37. The van der Waals surface area contributed by atoms with E-state index in [1.54, 1.807) is 0 Å². The van der Waals surface area contributed by atoms with E-state index in [4.69, 9.17) is 18.6 Å². The van der Waals surface area contributed by atoms with Crippen LogP contribution in [0.25, 0.3) is 11.5 Å². The maximum absolute atomic E-state index is 12.7. The fourth-order valence-electron chi connectivity index (χ4n) is 5.75. The number of esters is 1. The summed E-state index contributed by atoms with van der Waals surface area (Å²) in [6.07, 6.45) is 2.26. The number of aromatic nitrogens is 1. The number of hydrogen-bond acceptors (Lipinski definition) is 7. The van der Waals surface area contributed by atoms with Crippen LogP contribution in [0.4, 0.5) is 0 Å². The van der Waals surface area contributed by atoms with E-state index >= 15 is 0 Å². The van der Waals surface area contributed by atoms with Gasteiger partial charge in [-0.1, -0.05) is 68.1 Å². The number of nitrogens with zero attached hydrogens (tertiary/aromatic N) is 2. The molecule has 232 valence electrons. The second kappa shape index (κ2) is 14.7. The van der Waals surface area contributed by atoms with Gasteiger partial charge in [0, 0.05) is 24.6 Å². The van der Waals surface area contributed by atoms with E-state index < -0.39 is 0 Å². The Bertz CT molecular complexity index is 1650. The Hall–Kier alpha value is -4.88. The van der Waals surface area contributed by atoms with E-state index in [-0.39, 0.29) is 25.5 Å². The van der Waals surface area contributed by atoms with Crippen LogP contribution in [-0.4, -0.2) is 35.6 Å². The average Bonchev–Trinajstić information content (AvgIpc) is 3.66. The van der Waals surface area contributed by atoms with Gasteiger partial charge in [-0.25, -0.2) is 4.98 Å². The monoisotopic (exact) mass is 604 g/mol. The molecule has 0 bridgehead atoms. The molecule has 0 aliphatic carbocycles. The van der Waals surface area contributed by atoms with Crippen LogP contribution in [0.5, 0.6) is 17.2 Å². The Labute approximate surface area is 265 Å². The van der Waals surface area contributed by atoms with Crippen molar-refractivity contribution in [2.75, 3.05) is 13.7 Å². The number of ether oxygens (including phenoxy) is 3. The summed E-state index contributed by atoms with van der Waals surface area (Å²) in [5, 5.41) is 0. The van der Waals surface area contributed by atoms with Gasteiger partial charge in [0.1, 0.15) is 29.1 Å². The minimum Gasteiger partial charge on any atom is -0.493 e. The van der Waals surface area contributed by atoms with E-state index in [2.05, 4.69) is 34.1 Å². The summed E-state index contributed by atoms with van der Waals surface area (Å²) in [4.78, 5) is 19.6. The third kappa shape index (κ3) is 7.62. The predicted octanol–water partition coefficient (Wildman–Crippen LogP) is 8.58. The molecule has 7 heteroatoms. The van der Waals surface area contributed by atoms with Gasteiger partial charge in [-0.2, -0.15) is 0 Å². The average molecular weight is 605 g/mol. The molecule has 6 rings (SSSR count). The lowest BCUT2D eigenvalue weighted by Gasteiger charge is -2.29. The van der Waals surface area contributed by atoms with Gasteiger partial charge in [0.15, 0.2) is 0 Å². The number of carbonyl (C=O) groups excluding carboxylic acids is 1. The van der Waals surface area contributed by atoms with Crippen molar-refractivity contribution in [2.24, 2.45) is 0 Å². The number of rotatable bonds is 11. The summed E-state index contributed by atoms with van der Waals surface area (Å²) in [5.41, 5.74) is 4.11. The molecule has 0 saturated carbocycles. The number of methoxy groups -OCH3 is 1. The largest absolute Gasteiger partial charge is 0.493 e. The molecule has 0 spiro atoms. The molecule has 0 N–H and O–H groups in total. The highest BCUT2D eigenvalue weighted by molar-refractivity contribution is 5.76. The molecule has 2 heterocycles. The van der Waals surface area contributed by atoms with Crippen LogP contribution in [0.2, 0.25) is 0 Å². The Morgan fingerprint density at radius 1 is 0.844 bits per heavy atom. The Morgan fingerprint density at radius 3 is 2.18 bits per heavy atom. The van der Waals surface area contributed by atoms with Gasteiger partial charge in [-0.15, -0.1) is 0 Å². The number of carbonyl (C=O) groups is 1. The van der Waals surface area contributed by atoms with Crippen LogP contribution in [0, 0.1) is 6.92 Å². The molecule has 1 aliphatic rings. The second-order valence-corrected chi connectivity index (χ2v) is 10.9. The number of para-hydroxylation sites is 1. The van der Waals surface area contributed by atoms with E-state index in [9.17, 15) is 4.79 Å². The van der Waals surface area contributed by atoms with Gasteiger partial charge in [0.05, 0.1) is 19.4 Å². The van der Waals surface area contributed by atoms with E-state index in [1.165, 1.54) is 7.11 Å². The number of benzene rings is 4. The van der Waals surface area contributed by atoms with Crippen LogP contribution >= 0.6 is 0 Å². The van der Waals surface area contributed by atoms with Gasteiger partial charge in [-0.05, 0) is 79.4 Å². The van der Waals surface area contributed by atoms with Crippen molar-refractivity contribution in [1.82, 2.24) is 9.88 Å². The summed E-state index contributed by atoms with van der Waals surface area (Å²) in [5.74, 6) is 3.60. The summed E-state index contributed by atoms with van der Waals surface area (Å²) in [6, 6.07) is 35.6. The first-order valence-electron chi connectivity index (χ1n) is 15.0.